The van der Waals surface area contributed by atoms with Crippen LogP contribution in [0, 0.1) is 0 Å². The van der Waals surface area contributed by atoms with Crippen molar-refractivity contribution in [3.8, 4) is 0 Å². The molecule has 1 aliphatic heterocycles. The van der Waals surface area contributed by atoms with Crippen molar-refractivity contribution >= 4 is 62.7 Å². The Labute approximate surface area is 280 Å². The molecule has 1 unspecified atom stereocenters. The largest absolute Gasteiger partial charge is 0.309 e. The fraction of sp³-hybridized carbons (Fsp3) is 0.0698. The molecule has 0 saturated carbocycles. The highest BCUT2D eigenvalue weighted by Crippen LogP contribution is 2.53. The van der Waals surface area contributed by atoms with Crippen molar-refractivity contribution in [2.75, 3.05) is 0 Å². The Morgan fingerprint density at radius 1 is 0.667 bits per heavy atom. The number of benzene rings is 6. The predicted molar refractivity (Wildman–Crippen MR) is 203 cm³/mol. The van der Waals surface area contributed by atoms with E-state index in [1.807, 2.05) is 109 Å². The molecule has 0 radical (unpaired) electrons. The minimum atomic E-state index is -3.27. The van der Waals surface area contributed by atoms with Crippen molar-refractivity contribution in [2.45, 2.75) is 19.3 Å². The summed E-state index contributed by atoms with van der Waals surface area (Å²) in [6.45, 7) is 8.83. The first-order chi connectivity index (χ1) is 23.4. The summed E-state index contributed by atoms with van der Waals surface area (Å²) in [6, 6.07) is 50.9. The molecule has 0 saturated heterocycles. The second kappa shape index (κ2) is 11.6. The molecule has 48 heavy (non-hydrogen) atoms. The summed E-state index contributed by atoms with van der Waals surface area (Å²) in [4.78, 5) is 10.1. The lowest BCUT2D eigenvalue weighted by Crippen LogP contribution is -2.42. The number of para-hydroxylation sites is 1. The minimum absolute atomic E-state index is 0.379. The van der Waals surface area contributed by atoms with Gasteiger partial charge in [-0.25, -0.2) is 9.98 Å². The van der Waals surface area contributed by atoms with Gasteiger partial charge in [-0.15, -0.1) is 0 Å². The van der Waals surface area contributed by atoms with Crippen molar-refractivity contribution in [3.05, 3.63) is 180 Å². The third-order valence-electron chi connectivity index (χ3n) is 9.51. The summed E-state index contributed by atoms with van der Waals surface area (Å²) in [5.74, 6) is 0.476. The van der Waals surface area contributed by atoms with Crippen LogP contribution in [0.5, 0.6) is 0 Å². The van der Waals surface area contributed by atoms with Crippen LogP contribution in [0.15, 0.2) is 168 Å². The van der Waals surface area contributed by atoms with E-state index < -0.39 is 7.14 Å². The maximum absolute atomic E-state index is 15.9. The van der Waals surface area contributed by atoms with Crippen molar-refractivity contribution in [1.82, 2.24) is 4.57 Å². The Morgan fingerprint density at radius 3 is 2.04 bits per heavy atom. The molecule has 1 aromatic heterocycles. The standard InChI is InChI=1S/C43H34N3OP/c1-30(32-19-9-5-10-20-32)45-42(44-29-31-17-7-4-8-18-31)46-38-25-15-13-23-34(38)35-27-37-41(28-39(35)46)48(47,33-21-11-6-12-22-33)40-26-16-14-24-36(40)43(37,2)3/h4-29H,1H2,2-3H3. The molecule has 1 atom stereocenters. The highest BCUT2D eigenvalue weighted by molar-refractivity contribution is 7.85. The Kier molecular flexibility index (Phi) is 7.20. The van der Waals surface area contributed by atoms with E-state index in [-0.39, 0.29) is 5.41 Å². The maximum Gasteiger partial charge on any atom is 0.235 e. The predicted octanol–water partition coefficient (Wildman–Crippen LogP) is 9.07. The van der Waals surface area contributed by atoms with Crippen LogP contribution in [0.2, 0.25) is 0 Å². The lowest BCUT2D eigenvalue weighted by molar-refractivity contribution is 0.586. The van der Waals surface area contributed by atoms with Gasteiger partial charge in [0.15, 0.2) is 7.14 Å². The highest BCUT2D eigenvalue weighted by atomic mass is 31.2. The molecule has 0 spiro atoms. The van der Waals surface area contributed by atoms with E-state index in [1.54, 1.807) is 0 Å². The van der Waals surface area contributed by atoms with E-state index in [9.17, 15) is 0 Å². The van der Waals surface area contributed by atoms with Crippen molar-refractivity contribution < 1.29 is 4.57 Å². The number of aliphatic imine (C=N–C) groups is 2. The average molecular weight is 640 g/mol. The molecule has 0 aliphatic carbocycles. The van der Waals surface area contributed by atoms with Crippen LogP contribution < -0.4 is 15.9 Å². The highest BCUT2D eigenvalue weighted by Gasteiger charge is 2.45. The zero-order valence-corrected chi connectivity index (χ0v) is 27.8. The third-order valence-corrected chi connectivity index (χ3v) is 12.7. The monoisotopic (exact) mass is 639 g/mol. The van der Waals surface area contributed by atoms with Crippen molar-refractivity contribution in [1.29, 1.82) is 0 Å². The van der Waals surface area contributed by atoms with E-state index in [1.165, 1.54) is 0 Å². The van der Waals surface area contributed by atoms with Gasteiger partial charge in [0.05, 0.1) is 16.7 Å². The van der Waals surface area contributed by atoms with Crippen LogP contribution in [-0.2, 0) is 9.98 Å². The fourth-order valence-corrected chi connectivity index (χ4v) is 10.5. The lowest BCUT2D eigenvalue weighted by atomic mass is 9.77. The molecule has 7 aromatic rings. The second-order valence-corrected chi connectivity index (χ2v) is 15.4. The molecule has 0 fully saturated rings. The number of rotatable bonds is 4. The number of hydrogen-bond acceptors (Lipinski definition) is 2. The van der Waals surface area contributed by atoms with Crippen molar-refractivity contribution in [3.63, 3.8) is 0 Å². The summed E-state index contributed by atoms with van der Waals surface area (Å²) in [5, 5.41) is 4.70. The third kappa shape index (κ3) is 4.72. The number of hydrogen-bond donors (Lipinski definition) is 0. The van der Waals surface area contributed by atoms with Gasteiger partial charge < -0.3 is 4.57 Å². The minimum Gasteiger partial charge on any atom is -0.309 e. The molecule has 8 rings (SSSR count). The van der Waals surface area contributed by atoms with Crippen molar-refractivity contribution in [2.24, 2.45) is 9.98 Å². The van der Waals surface area contributed by atoms with E-state index in [0.29, 0.717) is 11.7 Å². The lowest BCUT2D eigenvalue weighted by Gasteiger charge is -2.39. The van der Waals surface area contributed by atoms with Gasteiger partial charge in [-0.1, -0.05) is 154 Å². The van der Waals surface area contributed by atoms with Gasteiger partial charge in [0.1, 0.15) is 0 Å². The first-order valence-corrected chi connectivity index (χ1v) is 17.8. The molecular weight excluding hydrogens is 605 g/mol. The SMILES string of the molecule is C=C(N=C(N=Cc1ccccc1)n1c2ccccc2c2cc3c(cc21)P(=O)(c1ccccc1)c1ccccc1C3(C)C)c1ccccc1. The molecule has 1 aliphatic rings. The first-order valence-electron chi connectivity index (χ1n) is 16.1. The molecule has 232 valence electrons. The van der Waals surface area contributed by atoms with Gasteiger partial charge >= 0.3 is 0 Å². The summed E-state index contributed by atoms with van der Waals surface area (Å²) >= 11 is 0. The van der Waals surface area contributed by atoms with Gasteiger partial charge in [0.25, 0.3) is 0 Å². The van der Waals surface area contributed by atoms with E-state index in [4.69, 9.17) is 9.98 Å². The van der Waals surface area contributed by atoms with Gasteiger partial charge in [0, 0.05) is 38.3 Å². The van der Waals surface area contributed by atoms with Gasteiger partial charge in [-0.05, 0) is 40.5 Å². The zero-order valence-electron chi connectivity index (χ0n) is 26.9. The molecule has 0 N–H and O–H groups in total. The molecular formula is C43H34N3OP. The molecule has 5 heteroatoms. The van der Waals surface area contributed by atoms with Gasteiger partial charge in [-0.3, -0.25) is 4.57 Å². The van der Waals surface area contributed by atoms with Crippen LogP contribution in [0.25, 0.3) is 27.5 Å². The topological polar surface area (TPSA) is 46.7 Å². The summed E-state index contributed by atoms with van der Waals surface area (Å²) in [6.07, 6.45) is 1.84. The van der Waals surface area contributed by atoms with Gasteiger partial charge in [-0.2, -0.15) is 0 Å². The molecule has 4 nitrogen and oxygen atoms in total. The number of fused-ring (bicyclic) bond motifs is 5. The Hall–Kier alpha value is -5.57. The van der Waals surface area contributed by atoms with Crippen LogP contribution in [-0.4, -0.2) is 16.7 Å². The van der Waals surface area contributed by atoms with E-state index in [2.05, 4.69) is 73.5 Å². The molecule has 2 heterocycles. The summed E-state index contributed by atoms with van der Waals surface area (Å²) < 4.78 is 18.0. The fourth-order valence-electron chi connectivity index (χ4n) is 7.07. The van der Waals surface area contributed by atoms with Crippen LogP contribution in [0.1, 0.15) is 36.1 Å². The molecule has 0 bridgehead atoms. The molecule has 6 aromatic carbocycles. The number of aromatic nitrogens is 1. The number of nitrogens with zero attached hydrogens (tertiary/aromatic N) is 3. The average Bonchev–Trinajstić information content (AvgIpc) is 3.46. The Morgan fingerprint density at radius 2 is 1.29 bits per heavy atom. The van der Waals surface area contributed by atoms with Gasteiger partial charge in [0.2, 0.25) is 5.96 Å². The van der Waals surface area contributed by atoms with Crippen LogP contribution in [0.4, 0.5) is 0 Å². The molecule has 0 amide bonds. The zero-order chi connectivity index (χ0) is 32.9. The summed E-state index contributed by atoms with van der Waals surface area (Å²) in [7, 11) is -3.27. The quantitative estimate of drug-likeness (QED) is 0.108. The normalized spacial score (nSPS) is 17.0. The van der Waals surface area contributed by atoms with Crippen LogP contribution >= 0.6 is 7.14 Å². The smallest absolute Gasteiger partial charge is 0.235 e. The maximum atomic E-state index is 15.9. The van der Waals surface area contributed by atoms with E-state index >= 15 is 4.57 Å². The first kappa shape index (κ1) is 29.8. The Bertz CT molecular complexity index is 2460. The second-order valence-electron chi connectivity index (χ2n) is 12.7. The van der Waals surface area contributed by atoms with Crippen LogP contribution in [0.3, 0.4) is 0 Å². The summed E-state index contributed by atoms with van der Waals surface area (Å²) in [5.41, 5.74) is 6.12. The van der Waals surface area contributed by atoms with E-state index in [0.717, 1.165) is 60.0 Å². The Balaban J connectivity index is 1.46.